The number of aromatic amines is 1. The number of thiophene rings is 1. The number of fused-ring (bicyclic) bond motifs is 1. The van der Waals surface area contributed by atoms with Crippen molar-refractivity contribution >= 4 is 45.0 Å². The molecule has 1 aliphatic heterocycles. The van der Waals surface area contributed by atoms with Crippen LogP contribution in [-0.4, -0.2) is 59.0 Å². The zero-order valence-corrected chi connectivity index (χ0v) is 19.9. The lowest BCUT2D eigenvalue weighted by atomic mass is 10.2. The van der Waals surface area contributed by atoms with Gasteiger partial charge >= 0.3 is 0 Å². The molecule has 3 aromatic rings. The van der Waals surface area contributed by atoms with E-state index in [9.17, 15) is 18.8 Å². The number of amides is 2. The van der Waals surface area contributed by atoms with Gasteiger partial charge in [0.25, 0.3) is 11.5 Å². The number of nitrogens with zero attached hydrogens (tertiary/aromatic N) is 2. The summed E-state index contributed by atoms with van der Waals surface area (Å²) in [5.74, 6) is -1.19. The maximum Gasteiger partial charge on any atom is 0.287 e. The van der Waals surface area contributed by atoms with Crippen molar-refractivity contribution in [3.8, 4) is 0 Å². The Balaban J connectivity index is 1.38. The fourth-order valence-corrected chi connectivity index (χ4v) is 4.80. The van der Waals surface area contributed by atoms with E-state index in [-0.39, 0.29) is 35.9 Å². The Morgan fingerprint density at radius 1 is 1.41 bits per heavy atom. The molecule has 4 rings (SSSR count). The van der Waals surface area contributed by atoms with E-state index in [1.807, 2.05) is 0 Å². The van der Waals surface area contributed by atoms with Crippen LogP contribution in [0.25, 0.3) is 10.2 Å². The number of carbonyl (C=O) groups is 2. The van der Waals surface area contributed by atoms with Crippen LogP contribution in [0.15, 0.2) is 28.4 Å². The van der Waals surface area contributed by atoms with Gasteiger partial charge in [0, 0.05) is 44.7 Å². The lowest BCUT2D eigenvalue weighted by molar-refractivity contribution is -0.130. The van der Waals surface area contributed by atoms with Crippen molar-refractivity contribution < 1.29 is 18.7 Å². The largest absolute Gasteiger partial charge is 0.375 e. The summed E-state index contributed by atoms with van der Waals surface area (Å²) in [7, 11) is 0. The van der Waals surface area contributed by atoms with Crippen molar-refractivity contribution in [2.24, 2.45) is 0 Å². The second kappa shape index (κ2) is 10.6. The van der Waals surface area contributed by atoms with Crippen LogP contribution in [0.1, 0.15) is 28.7 Å². The Morgan fingerprint density at radius 2 is 2.24 bits per heavy atom. The molecule has 3 heterocycles. The van der Waals surface area contributed by atoms with Crippen LogP contribution in [0.4, 0.5) is 4.39 Å². The molecule has 1 aromatic carbocycles. The molecule has 1 aliphatic rings. The highest BCUT2D eigenvalue weighted by molar-refractivity contribution is 7.16. The van der Waals surface area contributed by atoms with Crippen LogP contribution in [0.2, 0.25) is 5.02 Å². The van der Waals surface area contributed by atoms with E-state index in [1.165, 1.54) is 29.5 Å². The maximum absolute atomic E-state index is 13.3. The van der Waals surface area contributed by atoms with Crippen LogP contribution in [0.3, 0.4) is 0 Å². The Bertz CT molecular complexity index is 1280. The number of rotatable bonds is 7. The number of benzene rings is 1. The van der Waals surface area contributed by atoms with Gasteiger partial charge in [0.05, 0.1) is 23.6 Å². The summed E-state index contributed by atoms with van der Waals surface area (Å²) in [6.07, 6.45) is 0. The minimum Gasteiger partial charge on any atom is -0.375 e. The number of piperazine rings is 1. The molecule has 2 aromatic heterocycles. The molecule has 0 bridgehead atoms. The molecule has 1 unspecified atom stereocenters. The van der Waals surface area contributed by atoms with Crippen molar-refractivity contribution in [1.29, 1.82) is 0 Å². The van der Waals surface area contributed by atoms with Crippen LogP contribution in [-0.2, 0) is 22.7 Å². The minimum atomic E-state index is -0.566. The molecule has 1 saturated heterocycles. The lowest BCUT2D eigenvalue weighted by Gasteiger charge is -2.32. The highest BCUT2D eigenvalue weighted by Crippen LogP contribution is 2.22. The summed E-state index contributed by atoms with van der Waals surface area (Å²) in [6, 6.07) is 4.16. The monoisotopic (exact) mass is 507 g/mol. The van der Waals surface area contributed by atoms with Crippen LogP contribution < -0.4 is 16.2 Å². The Labute approximate surface area is 203 Å². The van der Waals surface area contributed by atoms with Crippen molar-refractivity contribution in [2.75, 3.05) is 26.2 Å². The standard InChI is InChI=1S/C22H23ClFN5O4S/c1-12(30)29-5-4-25-15(8-29)10-33-9-14-11-34-22-18(14)20(31)27-19(28-22)21(32)26-7-13-2-3-17(24)16(23)6-13/h2-3,6,11,15,25H,4-5,7-10H2,1H3,(H,26,32)(H,27,28,31). The van der Waals surface area contributed by atoms with Gasteiger partial charge in [0.15, 0.2) is 0 Å². The molecule has 9 nitrogen and oxygen atoms in total. The third-order valence-electron chi connectivity index (χ3n) is 5.45. The first-order chi connectivity index (χ1) is 16.3. The Hall–Kier alpha value is -2.86. The molecule has 3 N–H and O–H groups in total. The van der Waals surface area contributed by atoms with E-state index in [2.05, 4.69) is 20.6 Å². The number of H-pyrrole nitrogens is 1. The molecule has 0 spiro atoms. The van der Waals surface area contributed by atoms with Gasteiger partial charge in [0.2, 0.25) is 11.7 Å². The van der Waals surface area contributed by atoms with E-state index in [0.717, 1.165) is 0 Å². The van der Waals surface area contributed by atoms with Crippen molar-refractivity contribution in [3.63, 3.8) is 0 Å². The first kappa shape index (κ1) is 24.3. The summed E-state index contributed by atoms with van der Waals surface area (Å²) in [6.45, 7) is 4.20. The predicted molar refractivity (Wildman–Crippen MR) is 127 cm³/mol. The number of hydrogen-bond acceptors (Lipinski definition) is 7. The summed E-state index contributed by atoms with van der Waals surface area (Å²) in [5.41, 5.74) is 0.858. The molecular formula is C22H23ClFN5O4S. The molecule has 0 radical (unpaired) electrons. The number of carbonyl (C=O) groups excluding carboxylic acids is 2. The van der Waals surface area contributed by atoms with Crippen molar-refractivity contribution in [2.45, 2.75) is 26.1 Å². The third-order valence-corrected chi connectivity index (χ3v) is 6.66. The van der Waals surface area contributed by atoms with Gasteiger partial charge in [-0.05, 0) is 23.1 Å². The first-order valence-electron chi connectivity index (χ1n) is 10.6. The molecule has 1 atom stereocenters. The number of ether oxygens (including phenoxy) is 1. The Morgan fingerprint density at radius 3 is 3.00 bits per heavy atom. The SMILES string of the molecule is CC(=O)N1CCNC(COCc2csc3nc(C(=O)NCc4ccc(F)c(Cl)c4)[nH]c(=O)c23)C1. The van der Waals surface area contributed by atoms with E-state index in [4.69, 9.17) is 16.3 Å². The fourth-order valence-electron chi connectivity index (χ4n) is 3.67. The normalized spacial score (nSPS) is 16.1. The topological polar surface area (TPSA) is 116 Å². The highest BCUT2D eigenvalue weighted by Gasteiger charge is 2.21. The first-order valence-corrected chi connectivity index (χ1v) is 11.9. The summed E-state index contributed by atoms with van der Waals surface area (Å²) in [4.78, 5) is 45.7. The van der Waals surface area contributed by atoms with Crippen molar-refractivity contribution in [1.82, 2.24) is 25.5 Å². The van der Waals surface area contributed by atoms with Gasteiger partial charge in [-0.15, -0.1) is 11.3 Å². The smallest absolute Gasteiger partial charge is 0.287 e. The quantitative estimate of drug-likeness (QED) is 0.450. The average Bonchev–Trinajstić information content (AvgIpc) is 3.23. The molecule has 12 heteroatoms. The maximum atomic E-state index is 13.3. The van der Waals surface area contributed by atoms with Crippen molar-refractivity contribution in [3.05, 3.63) is 61.7 Å². The highest BCUT2D eigenvalue weighted by atomic mass is 35.5. The van der Waals surface area contributed by atoms with Crippen LogP contribution in [0, 0.1) is 5.82 Å². The third kappa shape index (κ3) is 5.61. The van der Waals surface area contributed by atoms with E-state index in [1.54, 1.807) is 17.2 Å². The van der Waals surface area contributed by atoms with Gasteiger partial charge in [0.1, 0.15) is 10.6 Å². The number of nitrogens with one attached hydrogen (secondary N) is 3. The van der Waals surface area contributed by atoms with Gasteiger partial charge < -0.3 is 25.3 Å². The summed E-state index contributed by atoms with van der Waals surface area (Å²) < 4.78 is 19.1. The molecule has 180 valence electrons. The number of hydrogen-bond donors (Lipinski definition) is 3. The zero-order chi connectivity index (χ0) is 24.2. The molecular weight excluding hydrogens is 485 g/mol. The van der Waals surface area contributed by atoms with E-state index in [0.29, 0.717) is 47.6 Å². The fraction of sp³-hybridized carbons (Fsp3) is 0.364. The van der Waals surface area contributed by atoms with E-state index >= 15 is 0 Å². The predicted octanol–water partition coefficient (Wildman–Crippen LogP) is 2.04. The molecule has 1 fully saturated rings. The Kier molecular flexibility index (Phi) is 7.57. The van der Waals surface area contributed by atoms with Gasteiger partial charge in [-0.1, -0.05) is 17.7 Å². The molecule has 0 saturated carbocycles. The average molecular weight is 508 g/mol. The van der Waals surface area contributed by atoms with E-state index < -0.39 is 17.3 Å². The number of halogens is 2. The number of aromatic nitrogens is 2. The lowest BCUT2D eigenvalue weighted by Crippen LogP contribution is -2.53. The second-order valence-corrected chi connectivity index (χ2v) is 9.18. The molecule has 2 amide bonds. The van der Waals surface area contributed by atoms with Gasteiger partial charge in [-0.3, -0.25) is 14.4 Å². The van der Waals surface area contributed by atoms with Gasteiger partial charge in [-0.25, -0.2) is 9.37 Å². The summed E-state index contributed by atoms with van der Waals surface area (Å²) >= 11 is 7.01. The minimum absolute atomic E-state index is 0.0187. The summed E-state index contributed by atoms with van der Waals surface area (Å²) in [5, 5.41) is 8.08. The molecule has 0 aliphatic carbocycles. The second-order valence-electron chi connectivity index (χ2n) is 7.92. The van der Waals surface area contributed by atoms with Crippen LogP contribution >= 0.6 is 22.9 Å². The van der Waals surface area contributed by atoms with Gasteiger partial charge in [-0.2, -0.15) is 0 Å². The van der Waals surface area contributed by atoms with Crippen LogP contribution in [0.5, 0.6) is 0 Å². The zero-order valence-electron chi connectivity index (χ0n) is 18.3. The molecule has 34 heavy (non-hydrogen) atoms.